The van der Waals surface area contributed by atoms with E-state index in [0.717, 1.165) is 0 Å². The molecule has 0 atom stereocenters. The smallest absolute Gasteiger partial charge is 0.264 e. The van der Waals surface area contributed by atoms with Crippen LogP contribution in [0.2, 0.25) is 0 Å². The molecule has 2 aromatic heterocycles. The second-order valence-corrected chi connectivity index (χ2v) is 8.93. The first-order valence-electron chi connectivity index (χ1n) is 9.71. The van der Waals surface area contributed by atoms with Crippen molar-refractivity contribution in [3.05, 3.63) is 48.3 Å². The zero-order valence-electron chi connectivity index (χ0n) is 17.2. The van der Waals surface area contributed by atoms with Crippen molar-refractivity contribution in [1.82, 2.24) is 14.7 Å². The Morgan fingerprint density at radius 2 is 2.03 bits per heavy atom. The van der Waals surface area contributed by atoms with Gasteiger partial charge in [-0.2, -0.15) is 0 Å². The summed E-state index contributed by atoms with van der Waals surface area (Å²) in [4.78, 5) is 20.5. The Labute approximate surface area is 179 Å². The number of nitrogens with zero attached hydrogens (tertiary/aromatic N) is 1. The third-order valence-electron chi connectivity index (χ3n) is 5.36. The summed E-state index contributed by atoms with van der Waals surface area (Å²) in [6.45, 7) is 0.593. The van der Waals surface area contributed by atoms with Crippen molar-refractivity contribution in [2.75, 3.05) is 27.4 Å². The molecule has 0 spiro atoms. The number of hydrogen-bond acceptors (Lipinski definition) is 7. The van der Waals surface area contributed by atoms with Crippen molar-refractivity contribution in [3.63, 3.8) is 0 Å². The molecule has 0 radical (unpaired) electrons. The predicted molar refractivity (Wildman–Crippen MR) is 113 cm³/mol. The summed E-state index contributed by atoms with van der Waals surface area (Å²) < 4.78 is 44.3. The van der Waals surface area contributed by atoms with Gasteiger partial charge in [-0.05, 0) is 37.1 Å². The van der Waals surface area contributed by atoms with Crippen LogP contribution in [0.1, 0.15) is 18.4 Å². The molecule has 1 aliphatic carbocycles. The molecule has 4 rings (SSSR count). The van der Waals surface area contributed by atoms with Crippen molar-refractivity contribution in [2.24, 2.45) is 0 Å². The Morgan fingerprint density at radius 3 is 2.74 bits per heavy atom. The topological polar surface area (TPSA) is 120 Å². The van der Waals surface area contributed by atoms with E-state index in [4.69, 9.17) is 14.2 Å². The number of pyridine rings is 1. The normalized spacial score (nSPS) is 14.9. The molecule has 2 heterocycles. The Bertz CT molecular complexity index is 1220. The summed E-state index contributed by atoms with van der Waals surface area (Å²) >= 11 is 0. The van der Waals surface area contributed by atoms with Crippen molar-refractivity contribution in [3.8, 4) is 11.6 Å². The molecule has 1 amide bonds. The van der Waals surface area contributed by atoms with Gasteiger partial charge in [-0.3, -0.25) is 4.79 Å². The average Bonchev–Trinajstić information content (AvgIpc) is 3.43. The van der Waals surface area contributed by atoms with Crippen LogP contribution in [0.3, 0.4) is 0 Å². The predicted octanol–water partition coefficient (Wildman–Crippen LogP) is 2.13. The number of H-pyrrole nitrogens is 1. The van der Waals surface area contributed by atoms with Crippen LogP contribution in [0.4, 0.5) is 0 Å². The van der Waals surface area contributed by atoms with Crippen LogP contribution >= 0.6 is 0 Å². The quantitative estimate of drug-likeness (QED) is 0.484. The van der Waals surface area contributed by atoms with E-state index in [-0.39, 0.29) is 17.4 Å². The Kier molecular flexibility index (Phi) is 5.59. The van der Waals surface area contributed by atoms with Crippen molar-refractivity contribution in [2.45, 2.75) is 23.2 Å². The van der Waals surface area contributed by atoms with Crippen LogP contribution in [-0.4, -0.2) is 51.7 Å². The fraction of sp³-hybridized carbons (Fsp3) is 0.333. The average molecular weight is 445 g/mol. The minimum Gasteiger partial charge on any atom is -0.495 e. The Balaban J connectivity index is 1.65. The lowest BCUT2D eigenvalue weighted by Crippen LogP contribution is -2.39. The monoisotopic (exact) mass is 445 g/mol. The van der Waals surface area contributed by atoms with Crippen LogP contribution in [0.5, 0.6) is 11.6 Å². The number of fused-ring (bicyclic) bond motifs is 1. The first-order valence-corrected chi connectivity index (χ1v) is 11.2. The van der Waals surface area contributed by atoms with Crippen molar-refractivity contribution >= 4 is 26.8 Å². The molecule has 10 heteroatoms. The minimum absolute atomic E-state index is 0.0377. The maximum Gasteiger partial charge on any atom is 0.264 e. The second kappa shape index (κ2) is 8.20. The highest BCUT2D eigenvalue weighted by molar-refractivity contribution is 7.90. The molecule has 1 aromatic carbocycles. The van der Waals surface area contributed by atoms with Crippen molar-refractivity contribution < 1.29 is 27.4 Å². The first kappa shape index (κ1) is 21.1. The van der Waals surface area contributed by atoms with Gasteiger partial charge in [-0.15, -0.1) is 0 Å². The van der Waals surface area contributed by atoms with Crippen LogP contribution in [0.15, 0.2) is 47.6 Å². The van der Waals surface area contributed by atoms with Gasteiger partial charge in [0.25, 0.3) is 10.0 Å². The number of ether oxygens (including phenoxy) is 3. The molecule has 0 aliphatic heterocycles. The van der Waals surface area contributed by atoms with Gasteiger partial charge in [0.05, 0.1) is 30.2 Å². The van der Waals surface area contributed by atoms with Gasteiger partial charge in [0.1, 0.15) is 12.4 Å². The largest absolute Gasteiger partial charge is 0.495 e. The van der Waals surface area contributed by atoms with Crippen LogP contribution in [0.25, 0.3) is 10.9 Å². The molecule has 1 fully saturated rings. The third-order valence-corrected chi connectivity index (χ3v) is 6.75. The van der Waals surface area contributed by atoms with Gasteiger partial charge in [-0.1, -0.05) is 6.07 Å². The molecular formula is C21H23N3O6S. The Hall–Kier alpha value is -3.11. The highest BCUT2D eigenvalue weighted by atomic mass is 32.2. The highest BCUT2D eigenvalue weighted by Gasteiger charge is 2.54. The zero-order valence-corrected chi connectivity index (χ0v) is 18.0. The number of aromatic nitrogens is 2. The van der Waals surface area contributed by atoms with Crippen LogP contribution < -0.4 is 14.2 Å². The number of sulfonamides is 1. The second-order valence-electron chi connectivity index (χ2n) is 7.28. The number of hydrogen-bond donors (Lipinski definition) is 2. The molecular weight excluding hydrogens is 422 g/mol. The number of methoxy groups -OCH3 is 2. The highest BCUT2D eigenvalue weighted by Crippen LogP contribution is 2.52. The van der Waals surface area contributed by atoms with Crippen LogP contribution in [-0.2, 0) is 25.0 Å². The van der Waals surface area contributed by atoms with Gasteiger partial charge in [0.15, 0.2) is 0 Å². The minimum atomic E-state index is -4.09. The molecule has 1 saturated carbocycles. The standard InChI is InChI=1S/C21H23N3O6S/c1-28-10-11-30-19-16(12-14(29-2)13-23-19)21(7-8-21)20(25)24-31(26,27)18-5-3-4-17-15(18)6-9-22-17/h3-6,9,12-13,22H,7-8,10-11H2,1-2H3,(H,24,25). The summed E-state index contributed by atoms with van der Waals surface area (Å²) in [6, 6.07) is 8.19. The SMILES string of the molecule is COCCOc1ncc(OC)cc1C1(C(=O)NS(=O)(=O)c2cccc3[nH]ccc23)CC1. The summed E-state index contributed by atoms with van der Waals surface area (Å²) in [5, 5.41) is 0.513. The van der Waals surface area contributed by atoms with Gasteiger partial charge >= 0.3 is 0 Å². The molecule has 0 bridgehead atoms. The van der Waals surface area contributed by atoms with E-state index in [1.54, 1.807) is 37.6 Å². The molecule has 164 valence electrons. The number of aromatic amines is 1. The summed E-state index contributed by atoms with van der Waals surface area (Å²) in [5.41, 5.74) is 0.112. The maximum atomic E-state index is 13.2. The number of carbonyl (C=O) groups is 1. The summed E-state index contributed by atoms with van der Waals surface area (Å²) in [7, 11) is -1.04. The Morgan fingerprint density at radius 1 is 1.23 bits per heavy atom. The van der Waals surface area contributed by atoms with E-state index in [2.05, 4.69) is 14.7 Å². The number of rotatable bonds is 9. The molecule has 31 heavy (non-hydrogen) atoms. The number of carbonyl (C=O) groups excluding carboxylic acids is 1. The number of nitrogens with one attached hydrogen (secondary N) is 2. The number of benzene rings is 1. The van der Waals surface area contributed by atoms with Gasteiger partial charge in [0.2, 0.25) is 11.8 Å². The molecule has 2 N–H and O–H groups in total. The molecule has 0 saturated heterocycles. The lowest BCUT2D eigenvalue weighted by molar-refractivity contribution is -0.121. The maximum absolute atomic E-state index is 13.2. The number of amides is 1. The van der Waals surface area contributed by atoms with Crippen molar-refractivity contribution in [1.29, 1.82) is 0 Å². The lowest BCUT2D eigenvalue weighted by Gasteiger charge is -2.19. The third kappa shape index (κ3) is 3.96. The summed E-state index contributed by atoms with van der Waals surface area (Å²) in [5.74, 6) is 0.0930. The first-order chi connectivity index (χ1) is 14.9. The molecule has 0 unspecified atom stereocenters. The molecule has 9 nitrogen and oxygen atoms in total. The molecule has 3 aromatic rings. The van der Waals surface area contributed by atoms with E-state index in [9.17, 15) is 13.2 Å². The van der Waals surface area contributed by atoms with Gasteiger partial charge in [-0.25, -0.2) is 18.1 Å². The molecule has 1 aliphatic rings. The summed E-state index contributed by atoms with van der Waals surface area (Å²) in [6.07, 6.45) is 4.08. The fourth-order valence-corrected chi connectivity index (χ4v) is 4.81. The van der Waals surface area contributed by atoms with E-state index >= 15 is 0 Å². The van der Waals surface area contributed by atoms with E-state index in [1.807, 2.05) is 0 Å². The van der Waals surface area contributed by atoms with Gasteiger partial charge < -0.3 is 19.2 Å². The fourth-order valence-electron chi connectivity index (χ4n) is 3.53. The van der Waals surface area contributed by atoms with E-state index < -0.39 is 21.3 Å². The van der Waals surface area contributed by atoms with Crippen LogP contribution in [0, 0.1) is 0 Å². The van der Waals surface area contributed by atoms with E-state index in [0.29, 0.717) is 41.7 Å². The zero-order chi connectivity index (χ0) is 22.1. The lowest BCUT2D eigenvalue weighted by atomic mass is 9.96. The van der Waals surface area contributed by atoms with E-state index in [1.165, 1.54) is 19.4 Å². The van der Waals surface area contributed by atoms with Gasteiger partial charge in [0, 0.05) is 29.8 Å².